The van der Waals surface area contributed by atoms with Crippen LogP contribution in [0, 0.1) is 13.7 Å². The average Bonchev–Trinajstić information content (AvgIpc) is 2.12. The molecule has 0 atom stereocenters. The lowest BCUT2D eigenvalue weighted by atomic mass is 10.3. The quantitative estimate of drug-likeness (QED) is 0.504. The van der Waals surface area contributed by atoms with Crippen molar-refractivity contribution in [1.82, 2.24) is 4.98 Å². The number of nitrogens with two attached hydrogens (primary N) is 1. The number of rotatable bonds is 3. The molecule has 0 aliphatic heterocycles. The maximum absolute atomic E-state index is 11.9. The van der Waals surface area contributed by atoms with E-state index in [1.165, 1.54) is 22.6 Å². The van der Waals surface area contributed by atoms with Gasteiger partial charge in [-0.3, -0.25) is 10.1 Å². The molecule has 2 N–H and O–H groups in total. The van der Waals surface area contributed by atoms with Gasteiger partial charge >= 0.3 is 12.0 Å². The molecule has 0 saturated carbocycles. The van der Waals surface area contributed by atoms with Crippen molar-refractivity contribution >= 4 is 28.3 Å². The lowest BCUT2D eigenvalue weighted by molar-refractivity contribution is -0.387. The van der Waals surface area contributed by atoms with Gasteiger partial charge in [0.05, 0.1) is 8.49 Å². The third-order valence-corrected chi connectivity index (χ3v) is 2.41. The van der Waals surface area contributed by atoms with E-state index < -0.39 is 22.9 Å². The minimum atomic E-state index is -4.90. The normalized spacial score (nSPS) is 11.4. The number of ether oxygens (including phenoxy) is 1. The van der Waals surface area contributed by atoms with Crippen LogP contribution in [0.5, 0.6) is 5.88 Å². The fourth-order valence-corrected chi connectivity index (χ4v) is 1.81. The van der Waals surface area contributed by atoms with Crippen molar-refractivity contribution in [2.45, 2.75) is 12.9 Å². The van der Waals surface area contributed by atoms with Gasteiger partial charge in [0, 0.05) is 12.6 Å². The molecule has 0 amide bonds. The highest BCUT2D eigenvalue weighted by Crippen LogP contribution is 2.29. The average molecular weight is 363 g/mol. The number of aromatic nitrogens is 1. The molecular formula is C7H5F3IN3O3. The lowest BCUT2D eigenvalue weighted by Crippen LogP contribution is -2.19. The third kappa shape index (κ3) is 3.66. The summed E-state index contributed by atoms with van der Waals surface area (Å²) in [5, 5.41) is 10.6. The van der Waals surface area contributed by atoms with Gasteiger partial charge in [-0.2, -0.15) is 0 Å². The van der Waals surface area contributed by atoms with Gasteiger partial charge in [-0.05, 0) is 22.6 Å². The van der Waals surface area contributed by atoms with Crippen LogP contribution < -0.4 is 10.5 Å². The third-order valence-electron chi connectivity index (χ3n) is 1.59. The van der Waals surface area contributed by atoms with E-state index in [4.69, 9.17) is 5.73 Å². The molecule has 0 aliphatic rings. The Balaban J connectivity index is 3.23. The van der Waals surface area contributed by atoms with E-state index in [-0.39, 0.29) is 15.8 Å². The monoisotopic (exact) mass is 363 g/mol. The summed E-state index contributed by atoms with van der Waals surface area (Å²) in [6.07, 6.45) is -4.90. The summed E-state index contributed by atoms with van der Waals surface area (Å²) in [5.74, 6) is -0.770. The molecule has 0 fully saturated rings. The molecule has 0 bridgehead atoms. The Morgan fingerprint density at radius 2 is 2.18 bits per heavy atom. The summed E-state index contributed by atoms with van der Waals surface area (Å²) < 4.78 is 39.4. The first-order valence-electron chi connectivity index (χ1n) is 4.04. The van der Waals surface area contributed by atoms with Crippen LogP contribution in [0.1, 0.15) is 5.69 Å². The Morgan fingerprint density at radius 1 is 1.59 bits per heavy atom. The Bertz CT molecular complexity index is 452. The minimum Gasteiger partial charge on any atom is -0.388 e. The maximum Gasteiger partial charge on any atom is 0.574 e. The van der Waals surface area contributed by atoms with Gasteiger partial charge in [0.1, 0.15) is 5.69 Å². The first-order chi connectivity index (χ1) is 7.74. The van der Waals surface area contributed by atoms with Crippen molar-refractivity contribution < 1.29 is 22.8 Å². The summed E-state index contributed by atoms with van der Waals surface area (Å²) in [5.41, 5.74) is 4.51. The molecule has 0 aliphatic carbocycles. The summed E-state index contributed by atoms with van der Waals surface area (Å²) in [6, 6.07) is 0.825. The summed E-state index contributed by atoms with van der Waals surface area (Å²) in [6.45, 7) is -0.360. The van der Waals surface area contributed by atoms with Crippen molar-refractivity contribution in [3.8, 4) is 5.88 Å². The van der Waals surface area contributed by atoms with Crippen LogP contribution in [0.2, 0.25) is 0 Å². The Morgan fingerprint density at radius 3 is 2.59 bits per heavy atom. The van der Waals surface area contributed by atoms with Gasteiger partial charge in [0.25, 0.3) is 0 Å². The predicted molar refractivity (Wildman–Crippen MR) is 58.2 cm³/mol. The zero-order valence-electron chi connectivity index (χ0n) is 7.99. The Labute approximate surface area is 106 Å². The fourth-order valence-electron chi connectivity index (χ4n) is 1.04. The van der Waals surface area contributed by atoms with Crippen LogP contribution in [-0.2, 0) is 6.54 Å². The molecule has 17 heavy (non-hydrogen) atoms. The second kappa shape index (κ2) is 5.00. The topological polar surface area (TPSA) is 91.3 Å². The molecule has 0 unspecified atom stereocenters. The van der Waals surface area contributed by atoms with Crippen LogP contribution in [-0.4, -0.2) is 16.3 Å². The standard InChI is InChI=1S/C7H5F3IN3O3/c8-7(9,10)17-5-1-3(11)6(14(15)16)4(2-12)13-5/h1H,2,12H2. The highest BCUT2D eigenvalue weighted by atomic mass is 127. The number of nitro groups is 1. The number of hydrogen-bond acceptors (Lipinski definition) is 5. The van der Waals surface area contributed by atoms with E-state index in [0.29, 0.717) is 0 Å². The highest BCUT2D eigenvalue weighted by molar-refractivity contribution is 14.1. The molecule has 10 heteroatoms. The van der Waals surface area contributed by atoms with E-state index in [2.05, 4.69) is 9.72 Å². The second-order valence-electron chi connectivity index (χ2n) is 2.75. The molecule has 0 spiro atoms. The lowest BCUT2D eigenvalue weighted by Gasteiger charge is -2.09. The summed E-state index contributed by atoms with van der Waals surface area (Å²) >= 11 is 1.52. The zero-order valence-corrected chi connectivity index (χ0v) is 10.2. The molecule has 1 heterocycles. The van der Waals surface area contributed by atoms with Crippen molar-refractivity contribution in [3.05, 3.63) is 25.4 Å². The van der Waals surface area contributed by atoms with Crippen LogP contribution in [0.25, 0.3) is 0 Å². The number of alkyl halides is 3. The summed E-state index contributed by atoms with van der Waals surface area (Å²) in [7, 11) is 0. The molecule has 0 aromatic carbocycles. The van der Waals surface area contributed by atoms with Gasteiger partial charge < -0.3 is 10.5 Å². The van der Waals surface area contributed by atoms with Gasteiger partial charge in [-0.25, -0.2) is 4.98 Å². The molecule has 94 valence electrons. The summed E-state index contributed by atoms with van der Waals surface area (Å²) in [4.78, 5) is 13.2. The van der Waals surface area contributed by atoms with Crippen LogP contribution >= 0.6 is 22.6 Å². The van der Waals surface area contributed by atoms with Gasteiger partial charge in [-0.1, -0.05) is 0 Å². The maximum atomic E-state index is 11.9. The minimum absolute atomic E-state index is 0.0256. The number of nitrogens with zero attached hydrogens (tertiary/aromatic N) is 2. The molecule has 6 nitrogen and oxygen atoms in total. The number of halogens is 4. The van der Waals surface area contributed by atoms with E-state index in [0.717, 1.165) is 6.07 Å². The van der Waals surface area contributed by atoms with Crippen molar-refractivity contribution in [3.63, 3.8) is 0 Å². The molecule has 1 aromatic rings. The van der Waals surface area contributed by atoms with E-state index in [1.807, 2.05) is 0 Å². The fraction of sp³-hybridized carbons (Fsp3) is 0.286. The molecule has 1 rings (SSSR count). The molecule has 1 aromatic heterocycles. The van der Waals surface area contributed by atoms with Gasteiger partial charge in [-0.15, -0.1) is 13.2 Å². The molecule has 0 saturated heterocycles. The van der Waals surface area contributed by atoms with Crippen molar-refractivity contribution in [2.75, 3.05) is 0 Å². The Hall–Kier alpha value is -1.17. The number of hydrogen-bond donors (Lipinski definition) is 1. The highest BCUT2D eigenvalue weighted by Gasteiger charge is 2.33. The van der Waals surface area contributed by atoms with Gasteiger partial charge in [0.15, 0.2) is 0 Å². The van der Waals surface area contributed by atoms with Crippen LogP contribution in [0.4, 0.5) is 18.9 Å². The van der Waals surface area contributed by atoms with E-state index in [9.17, 15) is 23.3 Å². The van der Waals surface area contributed by atoms with E-state index in [1.54, 1.807) is 0 Å². The first-order valence-corrected chi connectivity index (χ1v) is 5.12. The predicted octanol–water partition coefficient (Wildman–Crippen LogP) is 1.95. The molecule has 0 radical (unpaired) electrons. The van der Waals surface area contributed by atoms with Gasteiger partial charge in [0.2, 0.25) is 5.88 Å². The van der Waals surface area contributed by atoms with Crippen LogP contribution in [0.3, 0.4) is 0 Å². The Kier molecular flexibility index (Phi) is 4.08. The SMILES string of the molecule is NCc1nc(OC(F)(F)F)cc(I)c1[N+](=O)[O-]. The van der Waals surface area contributed by atoms with Crippen molar-refractivity contribution in [1.29, 1.82) is 0 Å². The van der Waals surface area contributed by atoms with Crippen molar-refractivity contribution in [2.24, 2.45) is 5.73 Å². The number of pyridine rings is 1. The molecular weight excluding hydrogens is 358 g/mol. The van der Waals surface area contributed by atoms with Crippen LogP contribution in [0.15, 0.2) is 6.07 Å². The smallest absolute Gasteiger partial charge is 0.388 e. The van der Waals surface area contributed by atoms with E-state index >= 15 is 0 Å². The first kappa shape index (κ1) is 13.9. The zero-order chi connectivity index (χ0) is 13.2. The second-order valence-corrected chi connectivity index (χ2v) is 3.91. The largest absolute Gasteiger partial charge is 0.574 e.